The van der Waals surface area contributed by atoms with Gasteiger partial charge in [0, 0.05) is 18.5 Å². The minimum atomic E-state index is -3.53. The molecule has 1 N–H and O–H groups in total. The predicted molar refractivity (Wildman–Crippen MR) is 119 cm³/mol. The highest BCUT2D eigenvalue weighted by molar-refractivity contribution is 7.92. The number of anilines is 1. The number of hydrogen-bond donors (Lipinski definition) is 1. The average molecular weight is 435 g/mol. The maximum Gasteiger partial charge on any atom is 0.232 e. The summed E-state index contributed by atoms with van der Waals surface area (Å²) in [5.74, 6) is 1.06. The summed E-state index contributed by atoms with van der Waals surface area (Å²) < 4.78 is 36.9. The van der Waals surface area contributed by atoms with Gasteiger partial charge in [0.1, 0.15) is 11.5 Å². The SMILES string of the molecule is CCOc1ccccc1N(CCCC(=O)N[C@H](C)c1ccccc1OC)S(C)(=O)=O. The van der Waals surface area contributed by atoms with Gasteiger partial charge in [0.2, 0.25) is 15.9 Å². The second-order valence-corrected chi connectivity index (χ2v) is 8.78. The zero-order valence-corrected chi connectivity index (χ0v) is 18.7. The minimum absolute atomic E-state index is 0.153. The van der Waals surface area contributed by atoms with E-state index in [-0.39, 0.29) is 24.9 Å². The molecule has 164 valence electrons. The monoisotopic (exact) mass is 434 g/mol. The van der Waals surface area contributed by atoms with Gasteiger partial charge in [-0.15, -0.1) is 0 Å². The number of carbonyl (C=O) groups is 1. The standard InChI is InChI=1S/C22H30N2O5S/c1-5-29-21-14-9-7-12-19(21)24(30(4,26)27)16-10-15-22(25)23-17(2)18-11-6-8-13-20(18)28-3/h6-9,11-14,17H,5,10,15-16H2,1-4H3,(H,23,25)/t17-/m1/s1. The number of nitrogens with zero attached hydrogens (tertiary/aromatic N) is 1. The smallest absolute Gasteiger partial charge is 0.232 e. The fraction of sp³-hybridized carbons (Fsp3) is 0.409. The normalized spacial score (nSPS) is 12.1. The van der Waals surface area contributed by atoms with E-state index in [1.165, 1.54) is 4.31 Å². The molecule has 7 nitrogen and oxygen atoms in total. The van der Waals surface area contributed by atoms with Crippen molar-refractivity contribution in [3.8, 4) is 11.5 Å². The van der Waals surface area contributed by atoms with Crippen molar-refractivity contribution in [2.45, 2.75) is 32.7 Å². The van der Waals surface area contributed by atoms with Crippen LogP contribution in [0.15, 0.2) is 48.5 Å². The maximum atomic E-state index is 12.4. The Morgan fingerprint density at radius 3 is 2.37 bits per heavy atom. The molecular formula is C22H30N2O5S. The Hall–Kier alpha value is -2.74. The number of benzene rings is 2. The molecule has 0 heterocycles. The van der Waals surface area contributed by atoms with Crippen molar-refractivity contribution in [2.75, 3.05) is 30.8 Å². The largest absolute Gasteiger partial charge is 0.496 e. The first-order valence-electron chi connectivity index (χ1n) is 9.89. The molecule has 0 aromatic heterocycles. The summed E-state index contributed by atoms with van der Waals surface area (Å²) in [5.41, 5.74) is 1.36. The van der Waals surface area contributed by atoms with E-state index in [0.717, 1.165) is 11.8 Å². The van der Waals surface area contributed by atoms with Gasteiger partial charge in [-0.3, -0.25) is 9.10 Å². The van der Waals surface area contributed by atoms with E-state index in [1.54, 1.807) is 31.4 Å². The molecule has 0 aliphatic carbocycles. The zero-order chi connectivity index (χ0) is 22.1. The van der Waals surface area contributed by atoms with Crippen molar-refractivity contribution in [3.05, 3.63) is 54.1 Å². The van der Waals surface area contributed by atoms with E-state index in [9.17, 15) is 13.2 Å². The number of nitrogens with one attached hydrogen (secondary N) is 1. The Labute approximate surface area is 179 Å². The summed E-state index contributed by atoms with van der Waals surface area (Å²) in [6, 6.07) is 14.3. The van der Waals surface area contributed by atoms with Crippen LogP contribution in [-0.2, 0) is 14.8 Å². The first kappa shape index (κ1) is 23.5. The van der Waals surface area contributed by atoms with Crippen molar-refractivity contribution >= 4 is 21.6 Å². The molecule has 2 aromatic rings. The number of ether oxygens (including phenoxy) is 2. The van der Waals surface area contributed by atoms with Gasteiger partial charge in [0.25, 0.3) is 0 Å². The van der Waals surface area contributed by atoms with E-state index in [2.05, 4.69) is 5.32 Å². The lowest BCUT2D eigenvalue weighted by atomic mass is 10.1. The lowest BCUT2D eigenvalue weighted by molar-refractivity contribution is -0.121. The van der Waals surface area contributed by atoms with Crippen molar-refractivity contribution in [1.82, 2.24) is 5.32 Å². The van der Waals surface area contributed by atoms with Crippen LogP contribution in [0.25, 0.3) is 0 Å². The Kier molecular flexibility index (Phi) is 8.53. The van der Waals surface area contributed by atoms with Crippen molar-refractivity contribution in [2.24, 2.45) is 0 Å². The summed E-state index contributed by atoms with van der Waals surface area (Å²) in [4.78, 5) is 12.4. The molecule has 1 atom stereocenters. The number of para-hydroxylation sites is 3. The van der Waals surface area contributed by atoms with Crippen molar-refractivity contribution in [3.63, 3.8) is 0 Å². The van der Waals surface area contributed by atoms with E-state index in [1.807, 2.05) is 38.1 Å². The van der Waals surface area contributed by atoms with Gasteiger partial charge < -0.3 is 14.8 Å². The third-order valence-electron chi connectivity index (χ3n) is 4.58. The fourth-order valence-electron chi connectivity index (χ4n) is 3.20. The van der Waals surface area contributed by atoms with Gasteiger partial charge in [-0.25, -0.2) is 8.42 Å². The lowest BCUT2D eigenvalue weighted by Crippen LogP contribution is -2.33. The molecule has 2 aromatic carbocycles. The number of rotatable bonds is 11. The first-order chi connectivity index (χ1) is 14.3. The van der Waals surface area contributed by atoms with Crippen LogP contribution in [0.4, 0.5) is 5.69 Å². The molecule has 1 amide bonds. The molecule has 0 unspecified atom stereocenters. The number of amides is 1. The third kappa shape index (κ3) is 6.38. The van der Waals surface area contributed by atoms with E-state index >= 15 is 0 Å². The summed E-state index contributed by atoms with van der Waals surface area (Å²) in [6.07, 6.45) is 1.72. The molecule has 0 spiro atoms. The molecule has 30 heavy (non-hydrogen) atoms. The molecule has 8 heteroatoms. The average Bonchev–Trinajstić information content (AvgIpc) is 2.71. The topological polar surface area (TPSA) is 84.9 Å². The molecule has 2 rings (SSSR count). The molecular weight excluding hydrogens is 404 g/mol. The molecule has 0 bridgehead atoms. The summed E-state index contributed by atoms with van der Waals surface area (Å²) in [5, 5.41) is 2.94. The summed E-state index contributed by atoms with van der Waals surface area (Å²) in [7, 11) is -1.94. The molecule has 0 radical (unpaired) electrons. The van der Waals surface area contributed by atoms with Crippen LogP contribution < -0.4 is 19.1 Å². The third-order valence-corrected chi connectivity index (χ3v) is 5.76. The second kappa shape index (κ2) is 10.9. The van der Waals surface area contributed by atoms with Crippen molar-refractivity contribution < 1.29 is 22.7 Å². The van der Waals surface area contributed by atoms with Crippen LogP contribution in [0.5, 0.6) is 11.5 Å². The Bertz CT molecular complexity index is 946. The van der Waals surface area contributed by atoms with Crippen LogP contribution in [0.2, 0.25) is 0 Å². The van der Waals surface area contributed by atoms with Crippen LogP contribution in [0, 0.1) is 0 Å². The van der Waals surface area contributed by atoms with Crippen LogP contribution >= 0.6 is 0 Å². The summed E-state index contributed by atoms with van der Waals surface area (Å²) >= 11 is 0. The fourth-order valence-corrected chi connectivity index (χ4v) is 4.17. The maximum absolute atomic E-state index is 12.4. The molecule has 0 saturated carbocycles. The Morgan fingerprint density at radius 1 is 1.10 bits per heavy atom. The predicted octanol–water partition coefficient (Wildman–Crippen LogP) is 3.52. The van der Waals surface area contributed by atoms with Crippen LogP contribution in [0.1, 0.15) is 38.3 Å². The van der Waals surface area contributed by atoms with Gasteiger partial charge in [0.05, 0.1) is 31.7 Å². The molecule has 0 aliphatic rings. The second-order valence-electron chi connectivity index (χ2n) is 6.87. The van der Waals surface area contributed by atoms with Gasteiger partial charge in [-0.05, 0) is 38.5 Å². The van der Waals surface area contributed by atoms with Gasteiger partial charge in [0.15, 0.2) is 0 Å². The number of hydrogen-bond acceptors (Lipinski definition) is 5. The minimum Gasteiger partial charge on any atom is -0.496 e. The highest BCUT2D eigenvalue weighted by atomic mass is 32.2. The van der Waals surface area contributed by atoms with E-state index < -0.39 is 10.0 Å². The highest BCUT2D eigenvalue weighted by Gasteiger charge is 2.21. The highest BCUT2D eigenvalue weighted by Crippen LogP contribution is 2.30. The van der Waals surface area contributed by atoms with Crippen LogP contribution in [0.3, 0.4) is 0 Å². The van der Waals surface area contributed by atoms with E-state index in [4.69, 9.17) is 9.47 Å². The van der Waals surface area contributed by atoms with Gasteiger partial charge >= 0.3 is 0 Å². The van der Waals surface area contributed by atoms with Crippen LogP contribution in [-0.4, -0.2) is 40.8 Å². The Balaban J connectivity index is 2.01. The molecule has 0 aliphatic heterocycles. The first-order valence-corrected chi connectivity index (χ1v) is 11.7. The number of methoxy groups -OCH3 is 1. The lowest BCUT2D eigenvalue weighted by Gasteiger charge is -2.24. The van der Waals surface area contributed by atoms with Crippen molar-refractivity contribution in [1.29, 1.82) is 0 Å². The number of carbonyl (C=O) groups excluding carboxylic acids is 1. The molecule has 0 fully saturated rings. The van der Waals surface area contributed by atoms with Gasteiger partial charge in [-0.2, -0.15) is 0 Å². The number of sulfonamides is 1. The van der Waals surface area contributed by atoms with E-state index in [0.29, 0.717) is 30.2 Å². The quantitative estimate of drug-likeness (QED) is 0.585. The van der Waals surface area contributed by atoms with Gasteiger partial charge in [-0.1, -0.05) is 30.3 Å². The zero-order valence-electron chi connectivity index (χ0n) is 17.9. The Morgan fingerprint density at radius 2 is 1.73 bits per heavy atom. The summed E-state index contributed by atoms with van der Waals surface area (Å²) in [6.45, 7) is 4.34. The molecule has 0 saturated heterocycles.